The predicted molar refractivity (Wildman–Crippen MR) is 83.1 cm³/mol. The van der Waals surface area contributed by atoms with Gasteiger partial charge in [0.2, 0.25) is 0 Å². The highest BCUT2D eigenvalue weighted by Gasteiger charge is 2.21. The molecule has 1 atom stereocenters. The number of rotatable bonds is 5. The van der Waals surface area contributed by atoms with Crippen molar-refractivity contribution in [3.8, 4) is 0 Å². The van der Waals surface area contributed by atoms with Crippen molar-refractivity contribution in [3.05, 3.63) is 69.7 Å². The molecule has 0 unspecified atom stereocenters. The van der Waals surface area contributed by atoms with E-state index in [1.165, 1.54) is 0 Å². The zero-order valence-electron chi connectivity index (χ0n) is 11.7. The van der Waals surface area contributed by atoms with Crippen molar-refractivity contribution in [1.82, 2.24) is 5.32 Å². The molecule has 2 rings (SSSR count). The van der Waals surface area contributed by atoms with Gasteiger partial charge in [-0.1, -0.05) is 28.1 Å². The molecule has 0 bridgehead atoms. The van der Waals surface area contributed by atoms with Gasteiger partial charge in [-0.2, -0.15) is 0 Å². The molecule has 0 aliphatic rings. The lowest BCUT2D eigenvalue weighted by Crippen LogP contribution is -2.42. The van der Waals surface area contributed by atoms with Crippen molar-refractivity contribution >= 4 is 27.8 Å². The number of carbonyl (C=O) groups is 2. The Morgan fingerprint density at radius 1 is 1.13 bits per heavy atom. The minimum atomic E-state index is -1.22. The first-order chi connectivity index (χ1) is 10.9. The molecule has 2 N–H and O–H groups in total. The van der Waals surface area contributed by atoms with Crippen LogP contribution in [0.1, 0.15) is 15.9 Å². The molecule has 0 spiro atoms. The predicted octanol–water partition coefficient (Wildman–Crippen LogP) is 3.15. The van der Waals surface area contributed by atoms with Crippen molar-refractivity contribution in [2.24, 2.45) is 0 Å². The molecule has 7 heteroatoms. The summed E-state index contributed by atoms with van der Waals surface area (Å²) in [5.41, 5.74) is 0.557. The van der Waals surface area contributed by atoms with Gasteiger partial charge >= 0.3 is 5.97 Å². The maximum atomic E-state index is 13.2. The standard InChI is InChI=1S/C16H12BrF2NO3/c17-11-3-1-2-9(6-11)7-14(16(22)23)20-15(21)10-4-5-12(18)13(19)8-10/h1-6,8,14H,7H2,(H,20,21)(H,22,23)/t14-/m0/s1. The molecule has 0 radical (unpaired) electrons. The largest absolute Gasteiger partial charge is 0.480 e. The molecule has 4 nitrogen and oxygen atoms in total. The van der Waals surface area contributed by atoms with Gasteiger partial charge in [0.1, 0.15) is 6.04 Å². The second-order valence-electron chi connectivity index (χ2n) is 4.83. The molecular weight excluding hydrogens is 372 g/mol. The second-order valence-corrected chi connectivity index (χ2v) is 5.74. The average molecular weight is 384 g/mol. The number of carboxylic acid groups (broad SMARTS) is 1. The highest BCUT2D eigenvalue weighted by atomic mass is 79.9. The lowest BCUT2D eigenvalue weighted by molar-refractivity contribution is -0.139. The summed E-state index contributed by atoms with van der Waals surface area (Å²) in [5, 5.41) is 11.5. The van der Waals surface area contributed by atoms with Gasteiger partial charge in [-0.05, 0) is 35.9 Å². The fraction of sp³-hybridized carbons (Fsp3) is 0.125. The van der Waals surface area contributed by atoms with E-state index in [-0.39, 0.29) is 12.0 Å². The van der Waals surface area contributed by atoms with E-state index in [1.807, 2.05) is 0 Å². The minimum Gasteiger partial charge on any atom is -0.480 e. The third-order valence-corrected chi connectivity index (χ3v) is 3.61. The summed E-state index contributed by atoms with van der Waals surface area (Å²) >= 11 is 3.28. The molecule has 2 aromatic rings. The molecule has 2 aromatic carbocycles. The maximum absolute atomic E-state index is 13.2. The monoisotopic (exact) mass is 383 g/mol. The van der Waals surface area contributed by atoms with E-state index >= 15 is 0 Å². The van der Waals surface area contributed by atoms with E-state index in [2.05, 4.69) is 21.2 Å². The number of hydrogen-bond acceptors (Lipinski definition) is 2. The Morgan fingerprint density at radius 2 is 1.87 bits per heavy atom. The van der Waals surface area contributed by atoms with Gasteiger partial charge in [0.25, 0.3) is 5.91 Å². The molecule has 0 aliphatic heterocycles. The van der Waals surface area contributed by atoms with Gasteiger partial charge in [-0.25, -0.2) is 13.6 Å². The third-order valence-electron chi connectivity index (χ3n) is 3.11. The van der Waals surface area contributed by atoms with Crippen LogP contribution in [-0.2, 0) is 11.2 Å². The summed E-state index contributed by atoms with van der Waals surface area (Å²) in [4.78, 5) is 23.3. The SMILES string of the molecule is O=C(N[C@@H](Cc1cccc(Br)c1)C(=O)O)c1ccc(F)c(F)c1. The summed E-state index contributed by atoms with van der Waals surface area (Å²) in [7, 11) is 0. The fourth-order valence-corrected chi connectivity index (χ4v) is 2.43. The topological polar surface area (TPSA) is 66.4 Å². The van der Waals surface area contributed by atoms with Gasteiger partial charge in [-0.15, -0.1) is 0 Å². The number of halogens is 3. The molecule has 120 valence electrons. The third kappa shape index (κ3) is 4.59. The number of benzene rings is 2. The highest BCUT2D eigenvalue weighted by molar-refractivity contribution is 9.10. The van der Waals surface area contributed by atoms with Crippen LogP contribution in [0.3, 0.4) is 0 Å². The summed E-state index contributed by atoms with van der Waals surface area (Å²) < 4.78 is 26.8. The van der Waals surface area contributed by atoms with Crippen molar-refractivity contribution in [1.29, 1.82) is 0 Å². The van der Waals surface area contributed by atoms with E-state index in [9.17, 15) is 23.5 Å². The average Bonchev–Trinajstić information content (AvgIpc) is 2.49. The Kier molecular flexibility index (Phi) is 5.44. The van der Waals surface area contributed by atoms with Crippen LogP contribution < -0.4 is 5.32 Å². The van der Waals surface area contributed by atoms with Crippen molar-refractivity contribution < 1.29 is 23.5 Å². The molecule has 1 amide bonds. The zero-order chi connectivity index (χ0) is 17.0. The minimum absolute atomic E-state index is 0.0597. The first kappa shape index (κ1) is 17.1. The summed E-state index contributed by atoms with van der Waals surface area (Å²) in [6.45, 7) is 0. The summed E-state index contributed by atoms with van der Waals surface area (Å²) in [6, 6.07) is 8.44. The molecule has 0 fully saturated rings. The van der Waals surface area contributed by atoms with E-state index in [0.29, 0.717) is 5.56 Å². The fourth-order valence-electron chi connectivity index (χ4n) is 1.98. The van der Waals surface area contributed by atoms with Crippen molar-refractivity contribution in [2.75, 3.05) is 0 Å². The van der Waals surface area contributed by atoms with Crippen LogP contribution in [0.5, 0.6) is 0 Å². The molecule has 0 aliphatic carbocycles. The Morgan fingerprint density at radius 3 is 2.48 bits per heavy atom. The van der Waals surface area contributed by atoms with E-state index < -0.39 is 29.6 Å². The van der Waals surface area contributed by atoms with Gasteiger partial charge in [0.15, 0.2) is 11.6 Å². The quantitative estimate of drug-likeness (QED) is 0.833. The molecule has 0 saturated heterocycles. The van der Waals surface area contributed by atoms with E-state index in [4.69, 9.17) is 0 Å². The van der Waals surface area contributed by atoms with Gasteiger partial charge in [0.05, 0.1) is 0 Å². The maximum Gasteiger partial charge on any atom is 0.326 e. The molecule has 23 heavy (non-hydrogen) atoms. The molecule has 0 saturated carbocycles. The van der Waals surface area contributed by atoms with Crippen molar-refractivity contribution in [3.63, 3.8) is 0 Å². The van der Waals surface area contributed by atoms with Gasteiger partial charge in [0, 0.05) is 16.5 Å². The number of nitrogens with one attached hydrogen (secondary N) is 1. The van der Waals surface area contributed by atoms with Gasteiger partial charge in [-0.3, -0.25) is 4.79 Å². The first-order valence-corrected chi connectivity index (χ1v) is 7.39. The van der Waals surface area contributed by atoms with Gasteiger partial charge < -0.3 is 10.4 Å². The van der Waals surface area contributed by atoms with E-state index in [1.54, 1.807) is 24.3 Å². The van der Waals surface area contributed by atoms with Crippen LogP contribution in [0.4, 0.5) is 8.78 Å². The van der Waals surface area contributed by atoms with Crippen LogP contribution in [0.2, 0.25) is 0 Å². The highest BCUT2D eigenvalue weighted by Crippen LogP contribution is 2.14. The Balaban J connectivity index is 2.14. The van der Waals surface area contributed by atoms with Crippen LogP contribution in [0, 0.1) is 11.6 Å². The lowest BCUT2D eigenvalue weighted by atomic mass is 10.1. The molecular formula is C16H12BrF2NO3. The second kappa shape index (κ2) is 7.32. The number of carboxylic acids is 1. The summed E-state index contributed by atoms with van der Waals surface area (Å²) in [6.07, 6.45) is 0.0597. The Bertz CT molecular complexity index is 752. The van der Waals surface area contributed by atoms with Crippen LogP contribution in [0.25, 0.3) is 0 Å². The summed E-state index contributed by atoms with van der Waals surface area (Å²) in [5.74, 6) is -4.26. The smallest absolute Gasteiger partial charge is 0.326 e. The lowest BCUT2D eigenvalue weighted by Gasteiger charge is -2.15. The molecule has 0 aromatic heterocycles. The number of aliphatic carboxylic acids is 1. The van der Waals surface area contributed by atoms with Crippen molar-refractivity contribution in [2.45, 2.75) is 12.5 Å². The first-order valence-electron chi connectivity index (χ1n) is 6.60. The number of amides is 1. The Labute approximate surface area is 139 Å². The number of carbonyl (C=O) groups excluding carboxylic acids is 1. The van der Waals surface area contributed by atoms with E-state index in [0.717, 1.165) is 22.7 Å². The Hall–Kier alpha value is -2.28. The normalized spacial score (nSPS) is 11.8. The molecule has 0 heterocycles. The number of hydrogen-bond donors (Lipinski definition) is 2. The van der Waals surface area contributed by atoms with Crippen LogP contribution in [-0.4, -0.2) is 23.0 Å². The zero-order valence-corrected chi connectivity index (χ0v) is 13.3. The van der Waals surface area contributed by atoms with Crippen LogP contribution >= 0.6 is 15.9 Å². The van der Waals surface area contributed by atoms with Crippen LogP contribution in [0.15, 0.2) is 46.9 Å².